The van der Waals surface area contributed by atoms with Crippen molar-refractivity contribution in [2.45, 2.75) is 6.54 Å². The third-order valence-corrected chi connectivity index (χ3v) is 3.11. The number of benzene rings is 1. The number of hydrogen-bond donors (Lipinski definition) is 2. The van der Waals surface area contributed by atoms with Crippen LogP contribution in [0.3, 0.4) is 0 Å². The van der Waals surface area contributed by atoms with Gasteiger partial charge in [0, 0.05) is 12.1 Å². The SMILES string of the molecule is CNCc1cccc(-c2ccc3ncnc(N)c3n2)c1. The second kappa shape index (κ2) is 5.22. The molecule has 5 heteroatoms. The molecule has 1 aromatic carbocycles. The maximum absolute atomic E-state index is 5.86. The minimum Gasteiger partial charge on any atom is -0.382 e. The molecule has 0 radical (unpaired) electrons. The van der Waals surface area contributed by atoms with Gasteiger partial charge in [0.05, 0.1) is 11.2 Å². The molecule has 20 heavy (non-hydrogen) atoms. The van der Waals surface area contributed by atoms with Crippen molar-refractivity contribution in [3.05, 3.63) is 48.3 Å². The quantitative estimate of drug-likeness (QED) is 0.757. The first-order valence-electron chi connectivity index (χ1n) is 6.39. The fourth-order valence-corrected chi connectivity index (χ4v) is 2.16. The smallest absolute Gasteiger partial charge is 0.153 e. The molecule has 0 spiro atoms. The number of nitrogens with two attached hydrogens (primary N) is 1. The van der Waals surface area contributed by atoms with Crippen LogP contribution < -0.4 is 11.1 Å². The minimum absolute atomic E-state index is 0.406. The van der Waals surface area contributed by atoms with Gasteiger partial charge in [0.15, 0.2) is 5.82 Å². The highest BCUT2D eigenvalue weighted by Crippen LogP contribution is 2.22. The van der Waals surface area contributed by atoms with Crippen LogP contribution in [0, 0.1) is 0 Å². The molecule has 0 atom stereocenters. The summed E-state index contributed by atoms with van der Waals surface area (Å²) < 4.78 is 0. The van der Waals surface area contributed by atoms with Crippen LogP contribution in [-0.4, -0.2) is 22.0 Å². The van der Waals surface area contributed by atoms with Crippen molar-refractivity contribution in [1.82, 2.24) is 20.3 Å². The maximum atomic E-state index is 5.86. The van der Waals surface area contributed by atoms with Crippen molar-refractivity contribution in [2.75, 3.05) is 12.8 Å². The van der Waals surface area contributed by atoms with Crippen molar-refractivity contribution < 1.29 is 0 Å². The summed E-state index contributed by atoms with van der Waals surface area (Å²) >= 11 is 0. The summed E-state index contributed by atoms with van der Waals surface area (Å²) in [6, 6.07) is 12.1. The summed E-state index contributed by atoms with van der Waals surface area (Å²) in [5.74, 6) is 0.406. The van der Waals surface area contributed by atoms with Gasteiger partial charge in [-0.1, -0.05) is 18.2 Å². The van der Waals surface area contributed by atoms with Crippen LogP contribution in [0.15, 0.2) is 42.7 Å². The van der Waals surface area contributed by atoms with Gasteiger partial charge >= 0.3 is 0 Å². The van der Waals surface area contributed by atoms with E-state index < -0.39 is 0 Å². The van der Waals surface area contributed by atoms with Crippen molar-refractivity contribution in [3.63, 3.8) is 0 Å². The number of hydrogen-bond acceptors (Lipinski definition) is 5. The lowest BCUT2D eigenvalue weighted by molar-refractivity contribution is 0.818. The Bertz CT molecular complexity index is 754. The fraction of sp³-hybridized carbons (Fsp3) is 0.133. The predicted molar refractivity (Wildman–Crippen MR) is 79.9 cm³/mol. The highest BCUT2D eigenvalue weighted by atomic mass is 14.9. The monoisotopic (exact) mass is 265 g/mol. The number of nitrogen functional groups attached to an aromatic ring is 1. The van der Waals surface area contributed by atoms with Gasteiger partial charge in [-0.3, -0.25) is 0 Å². The van der Waals surface area contributed by atoms with E-state index in [1.165, 1.54) is 11.9 Å². The molecule has 2 aromatic heterocycles. The molecule has 0 aliphatic carbocycles. The topological polar surface area (TPSA) is 76.7 Å². The number of fused-ring (bicyclic) bond motifs is 1. The van der Waals surface area contributed by atoms with Gasteiger partial charge in [-0.2, -0.15) is 0 Å². The Kier molecular flexibility index (Phi) is 3.26. The number of rotatable bonds is 3. The van der Waals surface area contributed by atoms with Gasteiger partial charge in [-0.15, -0.1) is 0 Å². The van der Waals surface area contributed by atoms with E-state index in [9.17, 15) is 0 Å². The molecule has 0 unspecified atom stereocenters. The third kappa shape index (κ3) is 2.31. The number of pyridine rings is 1. The Morgan fingerprint density at radius 3 is 2.90 bits per heavy atom. The average molecular weight is 265 g/mol. The van der Waals surface area contributed by atoms with Crippen LogP contribution in [0.25, 0.3) is 22.3 Å². The molecular weight excluding hydrogens is 250 g/mol. The molecule has 0 aliphatic rings. The van der Waals surface area contributed by atoms with E-state index in [0.29, 0.717) is 11.3 Å². The van der Waals surface area contributed by atoms with Crippen LogP contribution in [0.2, 0.25) is 0 Å². The van der Waals surface area contributed by atoms with Gasteiger partial charge in [0.1, 0.15) is 11.8 Å². The van der Waals surface area contributed by atoms with E-state index >= 15 is 0 Å². The summed E-state index contributed by atoms with van der Waals surface area (Å²) in [6.45, 7) is 0.826. The zero-order valence-electron chi connectivity index (χ0n) is 11.2. The van der Waals surface area contributed by atoms with Crippen LogP contribution in [0.4, 0.5) is 5.82 Å². The lowest BCUT2D eigenvalue weighted by Crippen LogP contribution is -2.04. The Morgan fingerprint density at radius 2 is 2.05 bits per heavy atom. The highest BCUT2D eigenvalue weighted by Gasteiger charge is 2.06. The number of aromatic nitrogens is 3. The normalized spacial score (nSPS) is 10.8. The number of nitrogens with one attached hydrogen (secondary N) is 1. The van der Waals surface area contributed by atoms with E-state index in [2.05, 4.69) is 32.4 Å². The number of anilines is 1. The minimum atomic E-state index is 0.406. The molecule has 0 saturated carbocycles. The summed E-state index contributed by atoms with van der Waals surface area (Å²) in [6.07, 6.45) is 1.45. The summed E-state index contributed by atoms with van der Waals surface area (Å²) in [4.78, 5) is 12.7. The standard InChI is InChI=1S/C15H15N5/c1-17-8-10-3-2-4-11(7-10)12-5-6-13-14(20-12)15(16)19-9-18-13/h2-7,9,17H,8H2,1H3,(H2,16,18,19). The van der Waals surface area contributed by atoms with Crippen molar-refractivity contribution >= 4 is 16.9 Å². The molecule has 0 amide bonds. The molecular formula is C15H15N5. The Labute approximate surface area is 116 Å². The first-order chi connectivity index (χ1) is 9.78. The lowest BCUT2D eigenvalue weighted by atomic mass is 10.1. The Balaban J connectivity index is 2.10. The molecule has 3 rings (SSSR count). The van der Waals surface area contributed by atoms with Gasteiger partial charge in [0.25, 0.3) is 0 Å². The average Bonchev–Trinajstić information content (AvgIpc) is 2.48. The van der Waals surface area contributed by atoms with Crippen LogP contribution in [-0.2, 0) is 6.54 Å². The number of nitrogens with zero attached hydrogens (tertiary/aromatic N) is 3. The van der Waals surface area contributed by atoms with E-state index in [1.54, 1.807) is 0 Å². The van der Waals surface area contributed by atoms with E-state index in [0.717, 1.165) is 23.3 Å². The Morgan fingerprint density at radius 1 is 1.15 bits per heavy atom. The molecule has 0 fully saturated rings. The molecule has 3 N–H and O–H groups in total. The molecule has 0 saturated heterocycles. The Hall–Kier alpha value is -2.53. The van der Waals surface area contributed by atoms with Crippen LogP contribution >= 0.6 is 0 Å². The van der Waals surface area contributed by atoms with Crippen LogP contribution in [0.1, 0.15) is 5.56 Å². The summed E-state index contributed by atoms with van der Waals surface area (Å²) in [7, 11) is 1.93. The maximum Gasteiger partial charge on any atom is 0.153 e. The van der Waals surface area contributed by atoms with Gasteiger partial charge in [-0.25, -0.2) is 15.0 Å². The fourth-order valence-electron chi connectivity index (χ4n) is 2.16. The first kappa shape index (κ1) is 12.5. The highest BCUT2D eigenvalue weighted by molar-refractivity contribution is 5.85. The van der Waals surface area contributed by atoms with E-state index in [4.69, 9.17) is 5.73 Å². The summed E-state index contributed by atoms with van der Waals surface area (Å²) in [5.41, 5.74) is 10.4. The van der Waals surface area contributed by atoms with Crippen molar-refractivity contribution in [3.8, 4) is 11.3 Å². The second-order valence-electron chi connectivity index (χ2n) is 4.55. The largest absolute Gasteiger partial charge is 0.382 e. The molecule has 2 heterocycles. The molecule has 0 aliphatic heterocycles. The zero-order chi connectivity index (χ0) is 13.9. The van der Waals surface area contributed by atoms with E-state index in [1.807, 2.05) is 31.3 Å². The first-order valence-corrected chi connectivity index (χ1v) is 6.39. The predicted octanol–water partition coefficient (Wildman–Crippen LogP) is 1.99. The second-order valence-corrected chi connectivity index (χ2v) is 4.55. The van der Waals surface area contributed by atoms with Crippen molar-refractivity contribution in [1.29, 1.82) is 0 Å². The molecule has 5 nitrogen and oxygen atoms in total. The third-order valence-electron chi connectivity index (χ3n) is 3.11. The van der Waals surface area contributed by atoms with Gasteiger partial charge < -0.3 is 11.1 Å². The lowest BCUT2D eigenvalue weighted by Gasteiger charge is -2.06. The zero-order valence-corrected chi connectivity index (χ0v) is 11.2. The summed E-state index contributed by atoms with van der Waals surface area (Å²) in [5, 5.41) is 3.14. The van der Waals surface area contributed by atoms with Crippen LogP contribution in [0.5, 0.6) is 0 Å². The van der Waals surface area contributed by atoms with Gasteiger partial charge in [-0.05, 0) is 30.8 Å². The van der Waals surface area contributed by atoms with E-state index in [-0.39, 0.29) is 0 Å². The molecule has 0 bridgehead atoms. The van der Waals surface area contributed by atoms with Gasteiger partial charge in [0.2, 0.25) is 0 Å². The molecule has 3 aromatic rings. The molecule has 100 valence electrons. The van der Waals surface area contributed by atoms with Crippen molar-refractivity contribution in [2.24, 2.45) is 0 Å².